The Kier molecular flexibility index (Phi) is 3.94. The van der Waals surface area contributed by atoms with Gasteiger partial charge in [0.25, 0.3) is 0 Å². The zero-order chi connectivity index (χ0) is 23.6. The van der Waals surface area contributed by atoms with Crippen LogP contribution in [0.2, 0.25) is 0 Å². The highest BCUT2D eigenvalue weighted by Gasteiger charge is 2.20. The average molecular weight is 460 g/mol. The van der Waals surface area contributed by atoms with E-state index in [0.29, 0.717) is 0 Å². The maximum absolute atomic E-state index is 5.36. The van der Waals surface area contributed by atoms with E-state index in [1.54, 1.807) is 0 Å². The van der Waals surface area contributed by atoms with E-state index in [1.807, 2.05) is 0 Å². The number of aromatic nitrogens is 3. The summed E-state index contributed by atoms with van der Waals surface area (Å²) in [6, 6.07) is 45.2. The van der Waals surface area contributed by atoms with Crippen molar-refractivity contribution >= 4 is 54.6 Å². The normalized spacial score (nSPS) is 11.9. The van der Waals surface area contributed by atoms with E-state index in [2.05, 4.69) is 137 Å². The van der Waals surface area contributed by atoms with Crippen molar-refractivity contribution < 1.29 is 0 Å². The summed E-state index contributed by atoms with van der Waals surface area (Å²) in [6.45, 7) is 0. The maximum atomic E-state index is 5.36. The molecule has 8 rings (SSSR count). The van der Waals surface area contributed by atoms with Gasteiger partial charge in [0.15, 0.2) is 0 Å². The van der Waals surface area contributed by atoms with E-state index in [1.165, 1.54) is 38.3 Å². The zero-order valence-corrected chi connectivity index (χ0v) is 19.5. The van der Waals surface area contributed by atoms with E-state index in [-0.39, 0.29) is 0 Å². The standard InChI is InChI=1S/C33H21N3/c1-2-13-23(14-3-1)35-28-18-8-6-16-25(28)32-30(35)21-31-33(34-32)26-17-7-9-19-29(26)36(31)27-20-10-12-22-11-4-5-15-24(22)27/h1-21H. The number of para-hydroxylation sites is 3. The number of nitrogens with zero attached hydrogens (tertiary/aromatic N) is 3. The van der Waals surface area contributed by atoms with Crippen LogP contribution in [-0.4, -0.2) is 14.1 Å². The molecule has 3 heteroatoms. The minimum atomic E-state index is 1.03. The van der Waals surface area contributed by atoms with E-state index < -0.39 is 0 Å². The highest BCUT2D eigenvalue weighted by molar-refractivity contribution is 6.15. The predicted molar refractivity (Wildman–Crippen MR) is 150 cm³/mol. The molecular weight excluding hydrogens is 438 g/mol. The summed E-state index contributed by atoms with van der Waals surface area (Å²) in [5, 5.41) is 4.79. The van der Waals surface area contributed by atoms with Gasteiger partial charge in [-0.05, 0) is 41.8 Å². The second kappa shape index (κ2) is 7.30. The number of pyridine rings is 1. The largest absolute Gasteiger partial charge is 0.308 e. The summed E-state index contributed by atoms with van der Waals surface area (Å²) < 4.78 is 4.72. The van der Waals surface area contributed by atoms with Crippen molar-refractivity contribution in [1.82, 2.24) is 14.1 Å². The molecule has 168 valence electrons. The van der Waals surface area contributed by atoms with Gasteiger partial charge in [-0.1, -0.05) is 91.0 Å². The first-order valence-corrected chi connectivity index (χ1v) is 12.3. The molecule has 8 aromatic rings. The molecule has 0 aliphatic carbocycles. The van der Waals surface area contributed by atoms with Crippen LogP contribution in [0.15, 0.2) is 127 Å². The van der Waals surface area contributed by atoms with Crippen LogP contribution in [0, 0.1) is 0 Å². The first-order valence-electron chi connectivity index (χ1n) is 12.3. The Balaban J connectivity index is 1.59. The molecule has 0 amide bonds. The Morgan fingerprint density at radius 1 is 0.417 bits per heavy atom. The molecule has 0 spiro atoms. The summed E-state index contributed by atoms with van der Waals surface area (Å²) in [4.78, 5) is 5.36. The molecule has 0 aliphatic heterocycles. The molecule has 3 aromatic heterocycles. The number of rotatable bonds is 2. The highest BCUT2D eigenvalue weighted by atomic mass is 15.0. The monoisotopic (exact) mass is 459 g/mol. The van der Waals surface area contributed by atoms with E-state index in [0.717, 1.165) is 27.8 Å². The minimum Gasteiger partial charge on any atom is -0.308 e. The van der Waals surface area contributed by atoms with Crippen LogP contribution in [0.4, 0.5) is 0 Å². The third-order valence-electron chi connectivity index (χ3n) is 7.29. The van der Waals surface area contributed by atoms with Crippen molar-refractivity contribution in [2.45, 2.75) is 0 Å². The molecule has 0 N–H and O–H groups in total. The third-order valence-corrected chi connectivity index (χ3v) is 7.29. The third kappa shape index (κ3) is 2.60. The highest BCUT2D eigenvalue weighted by Crippen LogP contribution is 2.38. The van der Waals surface area contributed by atoms with Crippen molar-refractivity contribution in [3.8, 4) is 11.4 Å². The van der Waals surface area contributed by atoms with Crippen molar-refractivity contribution in [3.63, 3.8) is 0 Å². The van der Waals surface area contributed by atoms with Gasteiger partial charge < -0.3 is 9.13 Å². The van der Waals surface area contributed by atoms with Gasteiger partial charge in [-0.25, -0.2) is 4.98 Å². The smallest absolute Gasteiger partial charge is 0.0972 e. The predicted octanol–water partition coefficient (Wildman–Crippen LogP) is 8.43. The fourth-order valence-corrected chi connectivity index (χ4v) is 5.75. The number of hydrogen-bond donors (Lipinski definition) is 0. The summed E-state index contributed by atoms with van der Waals surface area (Å²) >= 11 is 0. The molecule has 0 saturated carbocycles. The van der Waals surface area contributed by atoms with Gasteiger partial charge in [-0.2, -0.15) is 0 Å². The average Bonchev–Trinajstić information content (AvgIpc) is 3.44. The number of fused-ring (bicyclic) bond motifs is 7. The lowest BCUT2D eigenvalue weighted by Crippen LogP contribution is -1.97. The SMILES string of the molecule is c1ccc(-n2c3ccccc3c3nc4c5ccccc5n(-c5cccc6ccccc56)c4cc32)cc1. The molecule has 3 heterocycles. The van der Waals surface area contributed by atoms with Gasteiger partial charge >= 0.3 is 0 Å². The van der Waals surface area contributed by atoms with Crippen LogP contribution in [0.1, 0.15) is 0 Å². The van der Waals surface area contributed by atoms with Gasteiger partial charge in [0.05, 0.1) is 38.8 Å². The Morgan fingerprint density at radius 2 is 0.972 bits per heavy atom. The Hall–Kier alpha value is -4.89. The summed E-state index contributed by atoms with van der Waals surface area (Å²) in [5.41, 5.74) is 8.92. The van der Waals surface area contributed by atoms with Gasteiger partial charge in [0.2, 0.25) is 0 Å². The molecule has 0 radical (unpaired) electrons. The fourth-order valence-electron chi connectivity index (χ4n) is 5.75. The summed E-state index contributed by atoms with van der Waals surface area (Å²) in [6.07, 6.45) is 0. The molecule has 36 heavy (non-hydrogen) atoms. The molecular formula is C33H21N3. The van der Waals surface area contributed by atoms with Crippen molar-refractivity contribution in [1.29, 1.82) is 0 Å². The molecule has 0 bridgehead atoms. The lowest BCUT2D eigenvalue weighted by atomic mass is 10.1. The van der Waals surface area contributed by atoms with Gasteiger partial charge in [0, 0.05) is 21.8 Å². The van der Waals surface area contributed by atoms with Crippen LogP contribution >= 0.6 is 0 Å². The molecule has 5 aromatic carbocycles. The zero-order valence-electron chi connectivity index (χ0n) is 19.5. The lowest BCUT2D eigenvalue weighted by molar-refractivity contribution is 1.17. The Labute approximate surface area is 207 Å². The summed E-state index contributed by atoms with van der Waals surface area (Å²) in [5.74, 6) is 0. The van der Waals surface area contributed by atoms with E-state index >= 15 is 0 Å². The fraction of sp³-hybridized carbons (Fsp3) is 0. The molecule has 0 unspecified atom stereocenters. The number of benzene rings is 5. The van der Waals surface area contributed by atoms with Gasteiger partial charge in [0.1, 0.15) is 0 Å². The molecule has 0 saturated heterocycles. The van der Waals surface area contributed by atoms with Crippen LogP contribution in [0.25, 0.3) is 66.0 Å². The molecule has 3 nitrogen and oxygen atoms in total. The van der Waals surface area contributed by atoms with Crippen molar-refractivity contribution in [3.05, 3.63) is 127 Å². The van der Waals surface area contributed by atoms with E-state index in [9.17, 15) is 0 Å². The van der Waals surface area contributed by atoms with Crippen LogP contribution in [0.5, 0.6) is 0 Å². The van der Waals surface area contributed by atoms with Gasteiger partial charge in [-0.15, -0.1) is 0 Å². The first-order chi connectivity index (χ1) is 17.9. The van der Waals surface area contributed by atoms with Crippen molar-refractivity contribution in [2.75, 3.05) is 0 Å². The second-order valence-electron chi connectivity index (χ2n) is 9.26. The van der Waals surface area contributed by atoms with E-state index in [4.69, 9.17) is 4.98 Å². The van der Waals surface area contributed by atoms with Crippen LogP contribution in [-0.2, 0) is 0 Å². The minimum absolute atomic E-state index is 1.03. The van der Waals surface area contributed by atoms with Crippen LogP contribution < -0.4 is 0 Å². The number of hydrogen-bond acceptors (Lipinski definition) is 1. The Bertz CT molecular complexity index is 2090. The topological polar surface area (TPSA) is 22.8 Å². The molecule has 0 aliphatic rings. The molecule has 0 fully saturated rings. The lowest BCUT2D eigenvalue weighted by Gasteiger charge is -2.12. The first kappa shape index (κ1) is 19.4. The van der Waals surface area contributed by atoms with Gasteiger partial charge in [-0.3, -0.25) is 0 Å². The summed E-state index contributed by atoms with van der Waals surface area (Å²) in [7, 11) is 0. The Morgan fingerprint density at radius 3 is 1.72 bits per heavy atom. The second-order valence-corrected chi connectivity index (χ2v) is 9.26. The molecule has 0 atom stereocenters. The van der Waals surface area contributed by atoms with Crippen LogP contribution in [0.3, 0.4) is 0 Å². The quantitative estimate of drug-likeness (QED) is 0.254. The van der Waals surface area contributed by atoms with Crippen molar-refractivity contribution in [2.24, 2.45) is 0 Å². The maximum Gasteiger partial charge on any atom is 0.0972 e.